The van der Waals surface area contributed by atoms with E-state index in [1.807, 2.05) is 7.05 Å². The molecule has 1 aliphatic carbocycles. The zero-order valence-corrected chi connectivity index (χ0v) is 14.2. The molecule has 1 amide bonds. The van der Waals surface area contributed by atoms with Crippen LogP contribution in [-0.4, -0.2) is 43.4 Å². The van der Waals surface area contributed by atoms with E-state index < -0.39 is 0 Å². The molecule has 22 heavy (non-hydrogen) atoms. The summed E-state index contributed by atoms with van der Waals surface area (Å²) >= 11 is 0. The van der Waals surface area contributed by atoms with E-state index >= 15 is 0 Å². The second-order valence-electron chi connectivity index (χ2n) is 7.19. The largest absolute Gasteiger partial charge is 0.370 e. The van der Waals surface area contributed by atoms with Crippen molar-refractivity contribution in [3.05, 3.63) is 0 Å². The summed E-state index contributed by atoms with van der Waals surface area (Å²) in [6.07, 6.45) is 8.10. The normalized spacial score (nSPS) is 30.2. The van der Waals surface area contributed by atoms with Crippen LogP contribution in [0.15, 0.2) is 4.99 Å². The van der Waals surface area contributed by atoms with Gasteiger partial charge in [-0.1, -0.05) is 19.8 Å². The minimum Gasteiger partial charge on any atom is -0.370 e. The Balaban J connectivity index is 1.81. The van der Waals surface area contributed by atoms with Crippen molar-refractivity contribution in [2.45, 2.75) is 51.9 Å². The number of hydrogen-bond donors (Lipinski definition) is 2. The van der Waals surface area contributed by atoms with Crippen LogP contribution < -0.4 is 11.1 Å². The fourth-order valence-electron chi connectivity index (χ4n) is 4.02. The van der Waals surface area contributed by atoms with Gasteiger partial charge in [0.1, 0.15) is 0 Å². The van der Waals surface area contributed by atoms with Gasteiger partial charge in [-0.15, -0.1) is 0 Å². The van der Waals surface area contributed by atoms with Crippen LogP contribution in [0.2, 0.25) is 0 Å². The van der Waals surface area contributed by atoms with E-state index in [1.165, 1.54) is 25.7 Å². The summed E-state index contributed by atoms with van der Waals surface area (Å²) < 4.78 is 0. The number of nitrogens with one attached hydrogen (secondary N) is 1. The Labute approximate surface area is 134 Å². The van der Waals surface area contributed by atoms with E-state index in [9.17, 15) is 4.79 Å². The number of nitrogens with two attached hydrogens (primary N) is 1. The predicted molar refractivity (Wildman–Crippen MR) is 90.6 cm³/mol. The Morgan fingerprint density at radius 1 is 1.27 bits per heavy atom. The lowest BCUT2D eigenvalue weighted by molar-refractivity contribution is -0.119. The number of rotatable bonds is 4. The van der Waals surface area contributed by atoms with Crippen LogP contribution >= 0.6 is 0 Å². The Morgan fingerprint density at radius 2 is 2.05 bits per heavy atom. The van der Waals surface area contributed by atoms with Gasteiger partial charge in [0.25, 0.3) is 0 Å². The topological polar surface area (TPSA) is 70.7 Å². The number of likely N-dealkylation sites (tertiary alicyclic amines) is 1. The number of carbonyl (C=O) groups is 1. The smallest absolute Gasteiger partial charge is 0.217 e. The van der Waals surface area contributed by atoms with Crippen molar-refractivity contribution >= 4 is 11.9 Å². The molecule has 1 saturated heterocycles. The van der Waals surface area contributed by atoms with Gasteiger partial charge in [-0.2, -0.15) is 0 Å². The number of nitrogens with zero attached hydrogens (tertiary/aromatic N) is 2. The molecule has 0 bridgehead atoms. The van der Waals surface area contributed by atoms with Crippen molar-refractivity contribution in [1.29, 1.82) is 0 Å². The summed E-state index contributed by atoms with van der Waals surface area (Å²) in [6.45, 7) is 5.30. The molecule has 5 heteroatoms. The van der Waals surface area contributed by atoms with E-state index in [1.54, 1.807) is 0 Å². The fraction of sp³-hybridized carbons (Fsp3) is 0.882. The molecule has 3 atom stereocenters. The maximum atomic E-state index is 11.1. The Morgan fingerprint density at radius 3 is 2.73 bits per heavy atom. The zero-order chi connectivity index (χ0) is 15.9. The predicted octanol–water partition coefficient (Wildman–Crippen LogP) is 1.98. The first kappa shape index (κ1) is 17.1. The van der Waals surface area contributed by atoms with Gasteiger partial charge in [-0.25, -0.2) is 0 Å². The molecular weight excluding hydrogens is 276 g/mol. The van der Waals surface area contributed by atoms with Crippen molar-refractivity contribution in [2.75, 3.05) is 26.7 Å². The van der Waals surface area contributed by atoms with Gasteiger partial charge in [0.05, 0.1) is 0 Å². The lowest BCUT2D eigenvalue weighted by Crippen LogP contribution is -2.48. The number of hydrogen-bond acceptors (Lipinski definition) is 2. The molecule has 3 N–H and O–H groups in total. The van der Waals surface area contributed by atoms with Crippen LogP contribution in [0.1, 0.15) is 51.9 Å². The lowest BCUT2D eigenvalue weighted by atomic mass is 9.82. The van der Waals surface area contributed by atoms with Crippen LogP contribution in [0, 0.1) is 17.8 Å². The van der Waals surface area contributed by atoms with Gasteiger partial charge in [-0.05, 0) is 43.4 Å². The Hall–Kier alpha value is -1.26. The third-order valence-electron chi connectivity index (χ3n) is 5.11. The van der Waals surface area contributed by atoms with Crippen molar-refractivity contribution in [2.24, 2.45) is 28.5 Å². The van der Waals surface area contributed by atoms with Crippen molar-refractivity contribution in [3.63, 3.8) is 0 Å². The van der Waals surface area contributed by atoms with Crippen LogP contribution in [-0.2, 0) is 4.79 Å². The quantitative estimate of drug-likeness (QED) is 0.616. The number of aliphatic imine (C=N–C) groups is 1. The standard InChI is InChI=1S/C17H32N4O/c1-13-5-3-6-14(9-13)11-20-17(19-2)21-8-4-7-15(12-21)10-16(18)22/h13-15H,3-12H2,1-2H3,(H2,18,22)(H,19,20). The van der Waals surface area contributed by atoms with Crippen LogP contribution in [0.3, 0.4) is 0 Å². The van der Waals surface area contributed by atoms with Gasteiger partial charge < -0.3 is 16.0 Å². The van der Waals surface area contributed by atoms with Crippen LogP contribution in [0.25, 0.3) is 0 Å². The molecule has 5 nitrogen and oxygen atoms in total. The van der Waals surface area contributed by atoms with Gasteiger partial charge in [-0.3, -0.25) is 9.79 Å². The minimum absolute atomic E-state index is 0.189. The van der Waals surface area contributed by atoms with Gasteiger partial charge in [0, 0.05) is 33.1 Å². The molecule has 1 saturated carbocycles. The SMILES string of the molecule is CN=C(NCC1CCCC(C)C1)N1CCCC(CC(N)=O)C1. The molecule has 2 rings (SSSR count). The maximum Gasteiger partial charge on any atom is 0.217 e. The first-order valence-corrected chi connectivity index (χ1v) is 8.82. The van der Waals surface area contributed by atoms with Crippen molar-refractivity contribution in [3.8, 4) is 0 Å². The monoisotopic (exact) mass is 308 g/mol. The van der Waals surface area contributed by atoms with Crippen LogP contribution in [0.4, 0.5) is 0 Å². The van der Waals surface area contributed by atoms with Crippen LogP contribution in [0.5, 0.6) is 0 Å². The average molecular weight is 308 g/mol. The second-order valence-corrected chi connectivity index (χ2v) is 7.19. The maximum absolute atomic E-state index is 11.1. The molecule has 126 valence electrons. The van der Waals surface area contributed by atoms with Crippen molar-refractivity contribution < 1.29 is 4.79 Å². The molecule has 1 heterocycles. The highest BCUT2D eigenvalue weighted by molar-refractivity contribution is 5.80. The zero-order valence-electron chi connectivity index (χ0n) is 14.2. The summed E-state index contributed by atoms with van der Waals surface area (Å²) in [5.41, 5.74) is 5.34. The minimum atomic E-state index is -0.189. The molecule has 0 spiro atoms. The summed E-state index contributed by atoms with van der Waals surface area (Å²) in [4.78, 5) is 17.9. The number of guanidine groups is 1. The third-order valence-corrected chi connectivity index (χ3v) is 5.11. The first-order valence-electron chi connectivity index (χ1n) is 8.82. The summed E-state index contributed by atoms with van der Waals surface area (Å²) in [5, 5.41) is 3.56. The number of amides is 1. The number of piperidine rings is 1. The van der Waals surface area contributed by atoms with E-state index in [0.29, 0.717) is 12.3 Å². The van der Waals surface area contributed by atoms with Crippen molar-refractivity contribution in [1.82, 2.24) is 10.2 Å². The molecule has 0 radical (unpaired) electrons. The van der Waals surface area contributed by atoms with E-state index in [2.05, 4.69) is 22.1 Å². The van der Waals surface area contributed by atoms with Gasteiger partial charge in [0.15, 0.2) is 5.96 Å². The highest BCUT2D eigenvalue weighted by atomic mass is 16.1. The molecule has 0 aromatic carbocycles. The fourth-order valence-corrected chi connectivity index (χ4v) is 4.02. The molecular formula is C17H32N4O. The number of primary amides is 1. The highest BCUT2D eigenvalue weighted by Gasteiger charge is 2.24. The summed E-state index contributed by atoms with van der Waals surface area (Å²) in [5.74, 6) is 2.81. The second kappa shape index (κ2) is 8.39. The first-order chi connectivity index (χ1) is 10.6. The summed E-state index contributed by atoms with van der Waals surface area (Å²) in [7, 11) is 1.85. The summed E-state index contributed by atoms with van der Waals surface area (Å²) in [6, 6.07) is 0. The molecule has 0 aromatic rings. The molecule has 2 fully saturated rings. The average Bonchev–Trinajstić information content (AvgIpc) is 2.48. The molecule has 0 aromatic heterocycles. The number of carbonyl (C=O) groups excluding carboxylic acids is 1. The molecule has 3 unspecified atom stereocenters. The third kappa shape index (κ3) is 5.18. The molecule has 1 aliphatic heterocycles. The van der Waals surface area contributed by atoms with Gasteiger partial charge >= 0.3 is 0 Å². The Kier molecular flexibility index (Phi) is 6.52. The van der Waals surface area contributed by atoms with E-state index in [4.69, 9.17) is 5.73 Å². The lowest BCUT2D eigenvalue weighted by Gasteiger charge is -2.35. The highest BCUT2D eigenvalue weighted by Crippen LogP contribution is 2.28. The van der Waals surface area contributed by atoms with E-state index in [-0.39, 0.29) is 5.91 Å². The van der Waals surface area contributed by atoms with Gasteiger partial charge in [0.2, 0.25) is 5.91 Å². The van der Waals surface area contributed by atoms with E-state index in [0.717, 1.165) is 50.3 Å². The Bertz CT molecular complexity index is 396. The molecule has 2 aliphatic rings.